The van der Waals surface area contributed by atoms with E-state index in [1.165, 1.54) is 32.3 Å². The van der Waals surface area contributed by atoms with Crippen molar-refractivity contribution in [2.45, 2.75) is 19.2 Å². The fraction of sp³-hybridized carbons (Fsp3) is 0.176. The Morgan fingerprint density at radius 1 is 0.947 bits per heavy atom. The second-order valence-corrected chi connectivity index (χ2v) is 6.19. The smallest absolute Gasteiger partial charge is 0.0852 e. The predicted molar refractivity (Wildman–Crippen MR) is 85.4 cm³/mol. The monoisotopic (exact) mass is 286 g/mol. The third-order valence-electron chi connectivity index (χ3n) is 3.70. The van der Waals surface area contributed by atoms with Crippen molar-refractivity contribution in [1.82, 2.24) is 0 Å². The summed E-state index contributed by atoms with van der Waals surface area (Å²) in [5.74, 6) is 0. The minimum atomic E-state index is -0.0731. The van der Waals surface area contributed by atoms with Crippen LogP contribution >= 0.6 is 22.9 Å². The molecule has 1 unspecified atom stereocenters. The van der Waals surface area contributed by atoms with Gasteiger partial charge in [0.2, 0.25) is 0 Å². The van der Waals surface area contributed by atoms with E-state index in [-0.39, 0.29) is 5.38 Å². The number of aryl methyl sites for hydroxylation is 1. The molecular formula is C17H15ClS. The quantitative estimate of drug-likeness (QED) is 0.519. The lowest BCUT2D eigenvalue weighted by molar-refractivity contribution is 1.12. The van der Waals surface area contributed by atoms with Gasteiger partial charge in [-0.05, 0) is 52.9 Å². The van der Waals surface area contributed by atoms with Gasteiger partial charge < -0.3 is 0 Å². The Morgan fingerprint density at radius 2 is 1.74 bits per heavy atom. The first-order valence-electron chi connectivity index (χ1n) is 6.35. The van der Waals surface area contributed by atoms with Gasteiger partial charge in [-0.1, -0.05) is 36.4 Å². The number of thiophene rings is 1. The first-order chi connectivity index (χ1) is 9.18. The molecule has 0 N–H and O–H groups in total. The van der Waals surface area contributed by atoms with Crippen molar-refractivity contribution in [1.29, 1.82) is 0 Å². The van der Waals surface area contributed by atoms with Gasteiger partial charge in [-0.3, -0.25) is 0 Å². The van der Waals surface area contributed by atoms with Crippen molar-refractivity contribution in [2.75, 3.05) is 0 Å². The molecule has 3 rings (SSSR count). The first kappa shape index (κ1) is 12.7. The minimum Gasteiger partial charge on any atom is -0.143 e. The number of alkyl halides is 1. The highest BCUT2D eigenvalue weighted by atomic mass is 35.5. The number of fused-ring (bicyclic) bond motifs is 1. The Balaban J connectivity index is 2.13. The molecule has 0 saturated carbocycles. The fourth-order valence-corrected chi connectivity index (χ4v) is 3.89. The maximum absolute atomic E-state index is 6.74. The molecule has 0 spiro atoms. The number of benzene rings is 2. The van der Waals surface area contributed by atoms with E-state index in [2.05, 4.69) is 61.7 Å². The average molecular weight is 287 g/mol. The zero-order chi connectivity index (χ0) is 13.4. The lowest BCUT2D eigenvalue weighted by Gasteiger charge is -2.14. The van der Waals surface area contributed by atoms with Crippen molar-refractivity contribution in [3.63, 3.8) is 0 Å². The Kier molecular flexibility index (Phi) is 3.34. The third-order valence-corrected chi connectivity index (χ3v) is 5.16. The molecule has 0 nitrogen and oxygen atoms in total. The number of rotatable bonds is 2. The molecule has 0 amide bonds. The summed E-state index contributed by atoms with van der Waals surface area (Å²) in [6, 6.07) is 14.8. The zero-order valence-corrected chi connectivity index (χ0v) is 12.6. The fourth-order valence-electron chi connectivity index (χ4n) is 2.41. The van der Waals surface area contributed by atoms with Crippen LogP contribution in [0.5, 0.6) is 0 Å². The molecule has 3 aromatic rings. The van der Waals surface area contributed by atoms with Crippen LogP contribution in [0.4, 0.5) is 0 Å². The largest absolute Gasteiger partial charge is 0.143 e. The van der Waals surface area contributed by atoms with E-state index >= 15 is 0 Å². The lowest BCUT2D eigenvalue weighted by Crippen LogP contribution is -1.97. The highest BCUT2D eigenvalue weighted by molar-refractivity contribution is 7.17. The highest BCUT2D eigenvalue weighted by Gasteiger charge is 2.17. The van der Waals surface area contributed by atoms with Crippen LogP contribution in [0.3, 0.4) is 0 Å². The molecule has 0 aliphatic carbocycles. The van der Waals surface area contributed by atoms with Crippen LogP contribution in [0.1, 0.15) is 27.6 Å². The number of hydrogen-bond acceptors (Lipinski definition) is 1. The summed E-state index contributed by atoms with van der Waals surface area (Å²) in [4.78, 5) is 0. The SMILES string of the molecule is Cc1cccc(C(Cl)c2csc3ccccc23)c1C. The molecule has 1 aromatic heterocycles. The molecule has 0 bridgehead atoms. The average Bonchev–Trinajstić information content (AvgIpc) is 2.85. The molecule has 0 saturated heterocycles. The molecule has 96 valence electrons. The minimum absolute atomic E-state index is 0.0731. The molecule has 0 radical (unpaired) electrons. The maximum atomic E-state index is 6.74. The van der Waals surface area contributed by atoms with Gasteiger partial charge in [0, 0.05) is 4.70 Å². The number of hydrogen-bond donors (Lipinski definition) is 0. The summed E-state index contributed by atoms with van der Waals surface area (Å²) in [6.45, 7) is 4.28. The van der Waals surface area contributed by atoms with E-state index in [4.69, 9.17) is 11.6 Å². The second-order valence-electron chi connectivity index (χ2n) is 4.84. The van der Waals surface area contributed by atoms with Gasteiger partial charge in [-0.2, -0.15) is 0 Å². The summed E-state index contributed by atoms with van der Waals surface area (Å²) >= 11 is 8.50. The molecule has 2 heteroatoms. The van der Waals surface area contributed by atoms with Crippen LogP contribution in [0.2, 0.25) is 0 Å². The van der Waals surface area contributed by atoms with E-state index in [1.807, 2.05) is 0 Å². The van der Waals surface area contributed by atoms with Gasteiger partial charge in [-0.15, -0.1) is 22.9 Å². The van der Waals surface area contributed by atoms with Crippen molar-refractivity contribution in [3.8, 4) is 0 Å². The normalized spacial score (nSPS) is 12.8. The van der Waals surface area contributed by atoms with Gasteiger partial charge in [0.25, 0.3) is 0 Å². The van der Waals surface area contributed by atoms with Crippen molar-refractivity contribution in [2.24, 2.45) is 0 Å². The van der Waals surface area contributed by atoms with Crippen molar-refractivity contribution < 1.29 is 0 Å². The topological polar surface area (TPSA) is 0 Å². The van der Waals surface area contributed by atoms with Crippen LogP contribution in [-0.4, -0.2) is 0 Å². The second kappa shape index (κ2) is 4.99. The van der Waals surface area contributed by atoms with Gasteiger partial charge in [0.1, 0.15) is 0 Å². The van der Waals surface area contributed by atoms with Crippen LogP contribution in [0.25, 0.3) is 10.1 Å². The Labute approximate surface area is 122 Å². The first-order valence-corrected chi connectivity index (χ1v) is 7.66. The molecular weight excluding hydrogens is 272 g/mol. The van der Waals surface area contributed by atoms with Gasteiger partial charge >= 0.3 is 0 Å². The highest BCUT2D eigenvalue weighted by Crippen LogP contribution is 2.38. The Morgan fingerprint density at radius 3 is 2.58 bits per heavy atom. The van der Waals surface area contributed by atoms with Gasteiger partial charge in [0.15, 0.2) is 0 Å². The van der Waals surface area contributed by atoms with Crippen molar-refractivity contribution >= 4 is 33.0 Å². The lowest BCUT2D eigenvalue weighted by atomic mass is 9.97. The van der Waals surface area contributed by atoms with Crippen LogP contribution in [0.15, 0.2) is 47.8 Å². The van der Waals surface area contributed by atoms with E-state index in [0.717, 1.165) is 0 Å². The summed E-state index contributed by atoms with van der Waals surface area (Å²) in [5.41, 5.74) is 5.02. The predicted octanol–water partition coefficient (Wildman–Crippen LogP) is 5.85. The maximum Gasteiger partial charge on any atom is 0.0852 e. The summed E-state index contributed by atoms with van der Waals surface area (Å²) in [5, 5.41) is 3.38. The van der Waals surface area contributed by atoms with E-state index in [0.29, 0.717) is 0 Å². The third kappa shape index (κ3) is 2.18. The van der Waals surface area contributed by atoms with E-state index < -0.39 is 0 Å². The number of halogens is 1. The van der Waals surface area contributed by atoms with Crippen LogP contribution < -0.4 is 0 Å². The van der Waals surface area contributed by atoms with E-state index in [9.17, 15) is 0 Å². The molecule has 0 aliphatic heterocycles. The van der Waals surface area contributed by atoms with Crippen LogP contribution in [-0.2, 0) is 0 Å². The Bertz CT molecular complexity index is 727. The Hall–Kier alpha value is -1.31. The van der Waals surface area contributed by atoms with Gasteiger partial charge in [0.05, 0.1) is 5.38 Å². The van der Waals surface area contributed by atoms with Crippen molar-refractivity contribution in [3.05, 3.63) is 70.1 Å². The standard InChI is InChI=1S/C17H15ClS/c1-11-6-5-8-13(12(11)2)17(18)15-10-19-16-9-4-3-7-14(15)16/h3-10,17H,1-2H3. The summed E-state index contributed by atoms with van der Waals surface area (Å²) in [7, 11) is 0. The molecule has 2 aromatic carbocycles. The van der Waals surface area contributed by atoms with Crippen LogP contribution in [0, 0.1) is 13.8 Å². The van der Waals surface area contributed by atoms with Gasteiger partial charge in [-0.25, -0.2) is 0 Å². The molecule has 19 heavy (non-hydrogen) atoms. The summed E-state index contributed by atoms with van der Waals surface area (Å²) in [6.07, 6.45) is 0. The molecule has 1 heterocycles. The molecule has 0 aliphatic rings. The molecule has 0 fully saturated rings. The summed E-state index contributed by atoms with van der Waals surface area (Å²) < 4.78 is 1.30. The van der Waals surface area contributed by atoms with E-state index in [1.54, 1.807) is 11.3 Å². The zero-order valence-electron chi connectivity index (χ0n) is 11.0. The molecule has 1 atom stereocenters.